The van der Waals surface area contributed by atoms with E-state index in [4.69, 9.17) is 14.2 Å². The van der Waals surface area contributed by atoms with Gasteiger partial charge in [0.1, 0.15) is 19.0 Å². The zero-order chi connectivity index (χ0) is 16.8. The lowest BCUT2D eigenvalue weighted by atomic mass is 10.1. The number of aryl methyl sites for hydroxylation is 1. The number of hydrogen-bond donors (Lipinski definition) is 0. The van der Waals surface area contributed by atoms with Gasteiger partial charge in [-0.05, 0) is 50.2 Å². The van der Waals surface area contributed by atoms with E-state index in [-0.39, 0.29) is 0 Å². The fraction of sp³-hybridized carbons (Fsp3) is 0.400. The molecule has 0 saturated heterocycles. The maximum atomic E-state index is 5.79. The molecule has 1 aliphatic heterocycles. The molecule has 0 unspecified atom stereocenters. The molecule has 1 heterocycles. The van der Waals surface area contributed by atoms with E-state index in [0.29, 0.717) is 13.2 Å². The predicted octanol–water partition coefficient (Wildman–Crippen LogP) is 3.53. The van der Waals surface area contributed by atoms with Crippen LogP contribution in [0.5, 0.6) is 17.2 Å². The lowest BCUT2D eigenvalue weighted by molar-refractivity contribution is 0.167. The standard InChI is InChI=1S/C20H25NO3/c1-21(12-4-5-16-8-10-18(22-2)11-9-16)15-17-6-3-7-19-20(17)24-14-13-23-19/h3,6-11H,4-5,12-15H2,1-2H3. The molecule has 0 amide bonds. The van der Waals surface area contributed by atoms with Crippen LogP contribution in [-0.4, -0.2) is 38.8 Å². The molecule has 4 heteroatoms. The highest BCUT2D eigenvalue weighted by Gasteiger charge is 2.16. The van der Waals surface area contributed by atoms with Crippen LogP contribution in [0.1, 0.15) is 17.5 Å². The highest BCUT2D eigenvalue weighted by molar-refractivity contribution is 5.47. The molecule has 0 aromatic heterocycles. The van der Waals surface area contributed by atoms with Crippen molar-refractivity contribution in [2.75, 3.05) is 33.9 Å². The minimum Gasteiger partial charge on any atom is -0.497 e. The van der Waals surface area contributed by atoms with Crippen molar-refractivity contribution in [3.63, 3.8) is 0 Å². The molecule has 128 valence electrons. The number of rotatable bonds is 7. The molecule has 3 rings (SSSR count). The van der Waals surface area contributed by atoms with Crippen LogP contribution >= 0.6 is 0 Å². The zero-order valence-corrected chi connectivity index (χ0v) is 14.5. The lowest BCUT2D eigenvalue weighted by Crippen LogP contribution is -2.22. The quantitative estimate of drug-likeness (QED) is 0.778. The summed E-state index contributed by atoms with van der Waals surface area (Å²) in [6, 6.07) is 14.4. The molecule has 1 aliphatic rings. The number of nitrogens with zero attached hydrogens (tertiary/aromatic N) is 1. The zero-order valence-electron chi connectivity index (χ0n) is 14.5. The Bertz CT molecular complexity index is 654. The molecule has 24 heavy (non-hydrogen) atoms. The molecule has 0 N–H and O–H groups in total. The van der Waals surface area contributed by atoms with Gasteiger partial charge in [0.05, 0.1) is 7.11 Å². The Labute approximate surface area is 144 Å². The fourth-order valence-electron chi connectivity index (χ4n) is 2.97. The summed E-state index contributed by atoms with van der Waals surface area (Å²) < 4.78 is 16.6. The molecule has 0 aliphatic carbocycles. The van der Waals surface area contributed by atoms with E-state index in [9.17, 15) is 0 Å². The molecule has 2 aromatic rings. The van der Waals surface area contributed by atoms with E-state index in [1.165, 1.54) is 11.1 Å². The van der Waals surface area contributed by atoms with Crippen molar-refractivity contribution in [1.29, 1.82) is 0 Å². The summed E-state index contributed by atoms with van der Waals surface area (Å²) in [6.07, 6.45) is 2.19. The second kappa shape index (κ2) is 8.06. The number of para-hydroxylation sites is 1. The van der Waals surface area contributed by atoms with Crippen molar-refractivity contribution < 1.29 is 14.2 Å². The molecule has 0 saturated carbocycles. The highest BCUT2D eigenvalue weighted by atomic mass is 16.6. The van der Waals surface area contributed by atoms with Crippen LogP contribution in [0, 0.1) is 0 Å². The number of fused-ring (bicyclic) bond motifs is 1. The maximum Gasteiger partial charge on any atom is 0.165 e. The Morgan fingerprint density at radius 1 is 1.04 bits per heavy atom. The number of hydrogen-bond acceptors (Lipinski definition) is 4. The van der Waals surface area contributed by atoms with Crippen LogP contribution in [0.4, 0.5) is 0 Å². The SMILES string of the molecule is COc1ccc(CCCN(C)Cc2cccc3c2OCCO3)cc1. The van der Waals surface area contributed by atoms with Crippen molar-refractivity contribution in [1.82, 2.24) is 4.90 Å². The molecule has 2 aromatic carbocycles. The van der Waals surface area contributed by atoms with Gasteiger partial charge in [0, 0.05) is 12.1 Å². The average Bonchev–Trinajstić information content (AvgIpc) is 2.63. The van der Waals surface area contributed by atoms with Crippen molar-refractivity contribution in [3.8, 4) is 17.2 Å². The largest absolute Gasteiger partial charge is 0.497 e. The normalized spacial score (nSPS) is 13.1. The Morgan fingerprint density at radius 2 is 1.83 bits per heavy atom. The van der Waals surface area contributed by atoms with Gasteiger partial charge in [-0.1, -0.05) is 24.3 Å². The Morgan fingerprint density at radius 3 is 2.62 bits per heavy atom. The van der Waals surface area contributed by atoms with Crippen LogP contribution in [0.3, 0.4) is 0 Å². The molecule has 0 bridgehead atoms. The van der Waals surface area contributed by atoms with E-state index < -0.39 is 0 Å². The van der Waals surface area contributed by atoms with Gasteiger partial charge in [0.2, 0.25) is 0 Å². The van der Waals surface area contributed by atoms with Gasteiger partial charge in [0.25, 0.3) is 0 Å². The van der Waals surface area contributed by atoms with E-state index in [1.807, 2.05) is 24.3 Å². The first-order valence-electron chi connectivity index (χ1n) is 8.45. The Kier molecular flexibility index (Phi) is 5.59. The highest BCUT2D eigenvalue weighted by Crippen LogP contribution is 2.34. The number of ether oxygens (including phenoxy) is 3. The summed E-state index contributed by atoms with van der Waals surface area (Å²) in [5, 5.41) is 0. The molecule has 0 fully saturated rings. The van der Waals surface area contributed by atoms with Gasteiger partial charge in [-0.25, -0.2) is 0 Å². The van der Waals surface area contributed by atoms with E-state index in [0.717, 1.165) is 43.2 Å². The van der Waals surface area contributed by atoms with Gasteiger partial charge < -0.3 is 19.1 Å². The van der Waals surface area contributed by atoms with Gasteiger partial charge in [-0.2, -0.15) is 0 Å². The van der Waals surface area contributed by atoms with Gasteiger partial charge in [0.15, 0.2) is 11.5 Å². The predicted molar refractivity (Wildman–Crippen MR) is 95.1 cm³/mol. The average molecular weight is 327 g/mol. The summed E-state index contributed by atoms with van der Waals surface area (Å²) >= 11 is 0. The van der Waals surface area contributed by atoms with Gasteiger partial charge >= 0.3 is 0 Å². The van der Waals surface area contributed by atoms with Crippen molar-refractivity contribution in [2.45, 2.75) is 19.4 Å². The van der Waals surface area contributed by atoms with Crippen molar-refractivity contribution in [2.24, 2.45) is 0 Å². The van der Waals surface area contributed by atoms with Crippen LogP contribution in [0.2, 0.25) is 0 Å². The van der Waals surface area contributed by atoms with E-state index in [2.05, 4.69) is 30.1 Å². The van der Waals surface area contributed by atoms with Crippen LogP contribution in [0.15, 0.2) is 42.5 Å². The second-order valence-electron chi connectivity index (χ2n) is 6.13. The Hall–Kier alpha value is -2.20. The summed E-state index contributed by atoms with van der Waals surface area (Å²) in [4.78, 5) is 2.33. The first kappa shape index (κ1) is 16.7. The van der Waals surface area contributed by atoms with Crippen molar-refractivity contribution >= 4 is 0 Å². The summed E-state index contributed by atoms with van der Waals surface area (Å²) in [7, 11) is 3.85. The van der Waals surface area contributed by atoms with E-state index in [1.54, 1.807) is 7.11 Å². The second-order valence-corrected chi connectivity index (χ2v) is 6.13. The molecule has 0 radical (unpaired) electrons. The smallest absolute Gasteiger partial charge is 0.165 e. The van der Waals surface area contributed by atoms with Gasteiger partial charge in [-0.15, -0.1) is 0 Å². The molecule has 4 nitrogen and oxygen atoms in total. The molecular formula is C20H25NO3. The fourth-order valence-corrected chi connectivity index (χ4v) is 2.97. The number of benzene rings is 2. The Balaban J connectivity index is 1.50. The first-order valence-corrected chi connectivity index (χ1v) is 8.45. The minimum absolute atomic E-state index is 0.630. The monoisotopic (exact) mass is 327 g/mol. The summed E-state index contributed by atoms with van der Waals surface area (Å²) in [5.41, 5.74) is 2.54. The lowest BCUT2D eigenvalue weighted by Gasteiger charge is -2.23. The minimum atomic E-state index is 0.630. The van der Waals surface area contributed by atoms with Crippen LogP contribution in [0.25, 0.3) is 0 Å². The molecule has 0 spiro atoms. The first-order chi connectivity index (χ1) is 11.8. The van der Waals surface area contributed by atoms with Gasteiger partial charge in [-0.3, -0.25) is 0 Å². The van der Waals surface area contributed by atoms with E-state index >= 15 is 0 Å². The topological polar surface area (TPSA) is 30.9 Å². The van der Waals surface area contributed by atoms with Crippen LogP contribution < -0.4 is 14.2 Å². The third kappa shape index (κ3) is 4.20. The molecule has 0 atom stereocenters. The maximum absolute atomic E-state index is 5.79. The summed E-state index contributed by atoms with van der Waals surface area (Å²) in [6.45, 7) is 3.17. The van der Waals surface area contributed by atoms with Crippen LogP contribution in [-0.2, 0) is 13.0 Å². The molecular weight excluding hydrogens is 302 g/mol. The third-order valence-corrected chi connectivity index (χ3v) is 4.25. The number of methoxy groups -OCH3 is 1. The summed E-state index contributed by atoms with van der Waals surface area (Å²) in [5.74, 6) is 2.68. The van der Waals surface area contributed by atoms with Crippen molar-refractivity contribution in [3.05, 3.63) is 53.6 Å². The third-order valence-electron chi connectivity index (χ3n) is 4.25.